The van der Waals surface area contributed by atoms with Gasteiger partial charge in [-0.25, -0.2) is 4.79 Å². The predicted octanol–water partition coefficient (Wildman–Crippen LogP) is 1.72. The van der Waals surface area contributed by atoms with Gasteiger partial charge >= 0.3 is 5.97 Å². The third kappa shape index (κ3) is 3.35. The molecule has 0 bridgehead atoms. The fourth-order valence-corrected chi connectivity index (χ4v) is 3.54. The Balaban J connectivity index is 1.76. The van der Waals surface area contributed by atoms with Gasteiger partial charge in [0, 0.05) is 46.9 Å². The highest BCUT2D eigenvalue weighted by molar-refractivity contribution is 5.87. The van der Waals surface area contributed by atoms with Gasteiger partial charge in [-0.1, -0.05) is 6.08 Å². The minimum Gasteiger partial charge on any atom is -0.476 e. The quantitative estimate of drug-likeness (QED) is 0.684. The highest BCUT2D eigenvalue weighted by atomic mass is 16.4. The summed E-state index contributed by atoms with van der Waals surface area (Å²) in [4.78, 5) is 26.8. The average molecular weight is 356 g/mol. The second kappa shape index (κ2) is 7.29. The molecule has 0 amide bonds. The first-order chi connectivity index (χ1) is 12.4. The van der Waals surface area contributed by atoms with Gasteiger partial charge in [-0.15, -0.1) is 6.58 Å². The zero-order valence-corrected chi connectivity index (χ0v) is 15.1. The fraction of sp³-hybridized carbons (Fsp3) is 0.421. The number of nitrogens with one attached hydrogen (secondary N) is 2. The number of aryl methyl sites for hydroxylation is 1. The van der Waals surface area contributed by atoms with Gasteiger partial charge in [-0.3, -0.25) is 9.48 Å². The van der Waals surface area contributed by atoms with Crippen LogP contribution < -0.4 is 10.7 Å². The van der Waals surface area contributed by atoms with Gasteiger partial charge in [-0.2, -0.15) is 5.10 Å². The molecule has 2 aromatic heterocycles. The zero-order chi connectivity index (χ0) is 18.8. The maximum atomic E-state index is 12.1. The summed E-state index contributed by atoms with van der Waals surface area (Å²) in [5.74, 6) is -0.997. The van der Waals surface area contributed by atoms with Crippen LogP contribution in [-0.4, -0.2) is 31.9 Å². The van der Waals surface area contributed by atoms with Crippen LogP contribution in [0.15, 0.2) is 23.6 Å². The number of carboxylic acids is 1. The second-order valence-corrected chi connectivity index (χ2v) is 6.77. The van der Waals surface area contributed by atoms with E-state index in [1.54, 1.807) is 23.9 Å². The lowest BCUT2D eigenvalue weighted by molar-refractivity contribution is 0.0688. The summed E-state index contributed by atoms with van der Waals surface area (Å²) in [6.07, 6.45) is 5.73. The van der Waals surface area contributed by atoms with E-state index in [9.17, 15) is 14.7 Å². The van der Waals surface area contributed by atoms with Crippen molar-refractivity contribution in [2.75, 3.05) is 0 Å². The lowest BCUT2D eigenvalue weighted by Crippen LogP contribution is -2.35. The van der Waals surface area contributed by atoms with Gasteiger partial charge in [-0.05, 0) is 33.1 Å². The van der Waals surface area contributed by atoms with E-state index in [2.05, 4.69) is 22.0 Å². The SMILES string of the molecule is C=CCn1nc(C(=O)O)c2c1CCC(NCc1[nH]cc(C)c(=O)c1C)C2. The second-order valence-electron chi connectivity index (χ2n) is 6.77. The number of carboxylic acid groups (broad SMARTS) is 1. The number of fused-ring (bicyclic) bond motifs is 1. The van der Waals surface area contributed by atoms with Crippen molar-refractivity contribution in [3.8, 4) is 0 Å². The number of hydrogen-bond donors (Lipinski definition) is 3. The first kappa shape index (κ1) is 18.1. The van der Waals surface area contributed by atoms with Crippen LogP contribution in [0.3, 0.4) is 0 Å². The molecule has 3 rings (SSSR count). The van der Waals surface area contributed by atoms with Crippen molar-refractivity contribution in [1.29, 1.82) is 0 Å². The number of rotatable bonds is 6. The van der Waals surface area contributed by atoms with Crippen LogP contribution in [0.25, 0.3) is 0 Å². The van der Waals surface area contributed by atoms with Gasteiger partial charge in [0.2, 0.25) is 0 Å². The van der Waals surface area contributed by atoms with Gasteiger partial charge in [0.05, 0.1) is 6.54 Å². The Hall–Kier alpha value is -2.67. The number of hydrogen-bond acceptors (Lipinski definition) is 4. The number of H-pyrrole nitrogens is 1. The van der Waals surface area contributed by atoms with Crippen molar-refractivity contribution in [2.24, 2.45) is 0 Å². The van der Waals surface area contributed by atoms with Crippen LogP contribution >= 0.6 is 0 Å². The highest BCUT2D eigenvalue weighted by Crippen LogP contribution is 2.25. The Kier molecular flexibility index (Phi) is 5.08. The van der Waals surface area contributed by atoms with Crippen LogP contribution in [-0.2, 0) is 25.9 Å². The van der Waals surface area contributed by atoms with Crippen molar-refractivity contribution >= 4 is 5.97 Å². The monoisotopic (exact) mass is 356 g/mol. The van der Waals surface area contributed by atoms with E-state index < -0.39 is 5.97 Å². The largest absolute Gasteiger partial charge is 0.476 e. The van der Waals surface area contributed by atoms with Crippen LogP contribution in [0.2, 0.25) is 0 Å². The number of aromatic carboxylic acids is 1. The molecule has 0 spiro atoms. The molecule has 0 aliphatic heterocycles. The van der Waals surface area contributed by atoms with Gasteiger partial charge < -0.3 is 15.4 Å². The standard InChI is InChI=1S/C19H24N4O3/c1-4-7-23-16-6-5-13(8-14(16)17(22-23)19(25)26)20-10-15-12(3)18(24)11(2)9-21-15/h4,9,13,20H,1,5-8,10H2,2-3H3,(H,21,24)(H,25,26). The van der Waals surface area contributed by atoms with Gasteiger partial charge in [0.1, 0.15) is 0 Å². The Morgan fingerprint density at radius 1 is 1.54 bits per heavy atom. The molecule has 2 heterocycles. The zero-order valence-electron chi connectivity index (χ0n) is 15.1. The first-order valence-corrected chi connectivity index (χ1v) is 8.76. The summed E-state index contributed by atoms with van der Waals surface area (Å²) in [5, 5.41) is 17.1. The molecule has 0 saturated heterocycles. The summed E-state index contributed by atoms with van der Waals surface area (Å²) in [6.45, 7) is 8.38. The Labute approximate surface area is 151 Å². The molecule has 1 atom stereocenters. The minimum atomic E-state index is -0.997. The Morgan fingerprint density at radius 2 is 2.31 bits per heavy atom. The van der Waals surface area contributed by atoms with E-state index in [-0.39, 0.29) is 17.2 Å². The fourth-order valence-electron chi connectivity index (χ4n) is 3.54. The molecule has 0 radical (unpaired) electrons. The molecule has 3 N–H and O–H groups in total. The van der Waals surface area contributed by atoms with Crippen LogP contribution in [0, 0.1) is 13.8 Å². The third-order valence-electron chi connectivity index (χ3n) is 5.03. The molecular formula is C19H24N4O3. The van der Waals surface area contributed by atoms with E-state index in [1.807, 2.05) is 6.92 Å². The molecule has 26 heavy (non-hydrogen) atoms. The molecule has 138 valence electrons. The normalized spacial score (nSPS) is 16.3. The first-order valence-electron chi connectivity index (χ1n) is 8.76. The van der Waals surface area contributed by atoms with E-state index in [4.69, 9.17) is 0 Å². The average Bonchev–Trinajstić information content (AvgIpc) is 2.98. The lowest BCUT2D eigenvalue weighted by Gasteiger charge is -2.24. The maximum absolute atomic E-state index is 12.1. The van der Waals surface area contributed by atoms with Crippen molar-refractivity contribution in [1.82, 2.24) is 20.1 Å². The molecule has 2 aromatic rings. The van der Waals surface area contributed by atoms with Crippen molar-refractivity contribution in [2.45, 2.75) is 52.2 Å². The molecule has 1 aliphatic rings. The summed E-state index contributed by atoms with van der Waals surface area (Å²) in [7, 11) is 0. The van der Waals surface area contributed by atoms with Crippen LogP contribution in [0.1, 0.15) is 45.0 Å². The van der Waals surface area contributed by atoms with Crippen LogP contribution in [0.5, 0.6) is 0 Å². The number of pyridine rings is 1. The topological polar surface area (TPSA) is 100 Å². The minimum absolute atomic E-state index is 0.0605. The maximum Gasteiger partial charge on any atom is 0.356 e. The lowest BCUT2D eigenvalue weighted by atomic mass is 9.91. The van der Waals surface area contributed by atoms with E-state index >= 15 is 0 Å². The molecule has 1 unspecified atom stereocenters. The number of allylic oxidation sites excluding steroid dienone is 1. The Morgan fingerprint density at radius 3 is 3.00 bits per heavy atom. The summed E-state index contributed by atoms with van der Waals surface area (Å²) in [5.41, 5.74) is 4.27. The molecule has 0 aromatic carbocycles. The molecular weight excluding hydrogens is 332 g/mol. The molecule has 7 heteroatoms. The molecule has 7 nitrogen and oxygen atoms in total. The smallest absolute Gasteiger partial charge is 0.356 e. The van der Waals surface area contributed by atoms with Gasteiger partial charge in [0.15, 0.2) is 11.1 Å². The van der Waals surface area contributed by atoms with Gasteiger partial charge in [0.25, 0.3) is 0 Å². The molecule has 0 saturated carbocycles. The molecule has 0 fully saturated rings. The number of carbonyl (C=O) groups is 1. The third-order valence-corrected chi connectivity index (χ3v) is 5.03. The van der Waals surface area contributed by atoms with Crippen molar-refractivity contribution in [3.63, 3.8) is 0 Å². The van der Waals surface area contributed by atoms with Crippen LogP contribution in [0.4, 0.5) is 0 Å². The van der Waals surface area contributed by atoms with E-state index in [0.717, 1.165) is 35.4 Å². The number of aromatic nitrogens is 3. The number of nitrogens with zero attached hydrogens (tertiary/aromatic N) is 2. The summed E-state index contributed by atoms with van der Waals surface area (Å²) < 4.78 is 1.74. The summed E-state index contributed by atoms with van der Waals surface area (Å²) in [6, 6.07) is 0.145. The highest BCUT2D eigenvalue weighted by Gasteiger charge is 2.28. The Bertz CT molecular complexity index is 910. The summed E-state index contributed by atoms with van der Waals surface area (Å²) >= 11 is 0. The van der Waals surface area contributed by atoms with Crippen molar-refractivity contribution < 1.29 is 9.90 Å². The van der Waals surface area contributed by atoms with E-state index in [0.29, 0.717) is 25.1 Å². The molecule has 1 aliphatic carbocycles. The number of aromatic amines is 1. The van der Waals surface area contributed by atoms with Crippen molar-refractivity contribution in [3.05, 3.63) is 62.8 Å². The van der Waals surface area contributed by atoms with E-state index in [1.165, 1.54) is 0 Å². The predicted molar refractivity (Wildman–Crippen MR) is 98.6 cm³/mol.